The number of fused-ring (bicyclic) bond motifs is 2. The number of aromatic nitrogens is 1. The minimum Gasteiger partial charge on any atom is -0.478 e. The van der Waals surface area contributed by atoms with Gasteiger partial charge >= 0.3 is 5.97 Å². The van der Waals surface area contributed by atoms with Crippen LogP contribution in [0.25, 0.3) is 22.6 Å². The van der Waals surface area contributed by atoms with Crippen LogP contribution in [0.4, 0.5) is 0 Å². The molecule has 0 saturated heterocycles. The average molecular weight is 354 g/mol. The van der Waals surface area contributed by atoms with Crippen molar-refractivity contribution in [3.8, 4) is 6.07 Å². The van der Waals surface area contributed by atoms with Gasteiger partial charge in [0.05, 0.1) is 28.4 Å². The molecule has 4 nitrogen and oxygen atoms in total. The van der Waals surface area contributed by atoms with Crippen molar-refractivity contribution in [2.75, 3.05) is 0 Å². The molecule has 0 fully saturated rings. The van der Waals surface area contributed by atoms with Gasteiger partial charge in [-0.1, -0.05) is 37.3 Å². The van der Waals surface area contributed by atoms with Gasteiger partial charge in [0, 0.05) is 5.39 Å². The zero-order valence-corrected chi connectivity index (χ0v) is 14.9. The highest BCUT2D eigenvalue weighted by Crippen LogP contribution is 2.38. The molecule has 1 atom stereocenters. The molecule has 1 aromatic heterocycles. The molecule has 0 aliphatic heterocycles. The lowest BCUT2D eigenvalue weighted by Crippen LogP contribution is -2.17. The molecule has 0 radical (unpaired) electrons. The highest BCUT2D eigenvalue weighted by atomic mass is 16.4. The first-order chi connectivity index (χ1) is 13.1. The first kappa shape index (κ1) is 17.0. The number of hydrogen-bond donors (Lipinski definition) is 1. The van der Waals surface area contributed by atoms with Gasteiger partial charge in [0.15, 0.2) is 0 Å². The third kappa shape index (κ3) is 3.09. The maximum Gasteiger partial charge on any atom is 0.336 e. The number of carboxylic acid groups (broad SMARTS) is 1. The quantitative estimate of drug-likeness (QED) is 0.708. The standard InChI is InChI=1S/C23H18N2O2/c1-14-10-17(12-15-6-8-16(13-24)9-7-15)22-19(11-14)21(23(26)27)18-4-2-3-5-20(18)25-22/h2-9,12,14H,10-11H2,1H3,(H,26,27). The summed E-state index contributed by atoms with van der Waals surface area (Å²) in [5.74, 6) is -0.570. The van der Waals surface area contributed by atoms with Gasteiger partial charge in [0.25, 0.3) is 0 Å². The van der Waals surface area contributed by atoms with Gasteiger partial charge in [-0.05, 0) is 59.7 Å². The second-order valence-corrected chi connectivity index (χ2v) is 7.05. The fourth-order valence-electron chi connectivity index (χ4n) is 3.84. The lowest BCUT2D eigenvalue weighted by molar-refractivity contribution is 0.0697. The van der Waals surface area contributed by atoms with Gasteiger partial charge in [-0.25, -0.2) is 9.78 Å². The summed E-state index contributed by atoms with van der Waals surface area (Å²) in [6.45, 7) is 2.14. The van der Waals surface area contributed by atoms with Gasteiger partial charge in [-0.2, -0.15) is 5.26 Å². The number of nitrogens with zero attached hydrogens (tertiary/aromatic N) is 2. The average Bonchev–Trinajstić information content (AvgIpc) is 2.66. The predicted molar refractivity (Wildman–Crippen MR) is 105 cm³/mol. The van der Waals surface area contributed by atoms with Crippen LogP contribution in [0, 0.1) is 17.2 Å². The van der Waals surface area contributed by atoms with Crippen molar-refractivity contribution in [2.45, 2.75) is 19.8 Å². The predicted octanol–water partition coefficient (Wildman–Crippen LogP) is 4.93. The van der Waals surface area contributed by atoms with Crippen LogP contribution in [-0.2, 0) is 6.42 Å². The molecule has 27 heavy (non-hydrogen) atoms. The number of pyridine rings is 1. The van der Waals surface area contributed by atoms with Crippen molar-refractivity contribution in [1.82, 2.24) is 4.98 Å². The Morgan fingerprint density at radius 2 is 1.93 bits per heavy atom. The monoisotopic (exact) mass is 354 g/mol. The van der Waals surface area contributed by atoms with E-state index in [-0.39, 0.29) is 0 Å². The molecular weight excluding hydrogens is 336 g/mol. The largest absolute Gasteiger partial charge is 0.478 e. The van der Waals surface area contributed by atoms with E-state index < -0.39 is 5.97 Å². The Labute approximate surface area is 157 Å². The number of hydrogen-bond acceptors (Lipinski definition) is 3. The van der Waals surface area contributed by atoms with Crippen molar-refractivity contribution in [2.24, 2.45) is 5.92 Å². The van der Waals surface area contributed by atoms with E-state index in [0.29, 0.717) is 34.4 Å². The summed E-state index contributed by atoms with van der Waals surface area (Å²) in [5, 5.41) is 19.5. The summed E-state index contributed by atoms with van der Waals surface area (Å²) in [7, 11) is 0. The van der Waals surface area contributed by atoms with Crippen LogP contribution < -0.4 is 0 Å². The fraction of sp³-hybridized carbons (Fsp3) is 0.174. The Bertz CT molecular complexity index is 1120. The summed E-state index contributed by atoms with van der Waals surface area (Å²) >= 11 is 0. The molecule has 0 amide bonds. The molecule has 2 aromatic carbocycles. The number of carboxylic acids is 1. The summed E-state index contributed by atoms with van der Waals surface area (Å²) in [6, 6.07) is 16.9. The smallest absolute Gasteiger partial charge is 0.336 e. The molecule has 1 aliphatic carbocycles. The topological polar surface area (TPSA) is 74.0 Å². The number of allylic oxidation sites excluding steroid dienone is 1. The number of aromatic carboxylic acids is 1. The van der Waals surface area contributed by atoms with Crippen LogP contribution in [0.15, 0.2) is 48.5 Å². The van der Waals surface area contributed by atoms with E-state index >= 15 is 0 Å². The zero-order valence-electron chi connectivity index (χ0n) is 14.9. The Hall–Kier alpha value is -3.45. The number of benzene rings is 2. The summed E-state index contributed by atoms with van der Waals surface area (Å²) in [4.78, 5) is 16.9. The van der Waals surface area contributed by atoms with E-state index in [1.54, 1.807) is 12.1 Å². The van der Waals surface area contributed by atoms with Crippen molar-refractivity contribution in [3.05, 3.63) is 76.5 Å². The molecular formula is C23H18N2O2. The molecule has 132 valence electrons. The molecule has 1 aliphatic rings. The molecule has 4 heteroatoms. The molecule has 4 rings (SSSR count). The van der Waals surface area contributed by atoms with Crippen LogP contribution in [0.1, 0.15) is 46.1 Å². The number of para-hydroxylation sites is 1. The Kier molecular flexibility index (Phi) is 4.21. The minimum atomic E-state index is -0.906. The summed E-state index contributed by atoms with van der Waals surface area (Å²) < 4.78 is 0. The molecule has 1 unspecified atom stereocenters. The number of carbonyl (C=O) groups is 1. The van der Waals surface area contributed by atoms with E-state index in [1.807, 2.05) is 36.4 Å². The summed E-state index contributed by atoms with van der Waals surface area (Å²) in [6.07, 6.45) is 3.61. The molecule has 3 aromatic rings. The normalized spacial score (nSPS) is 17.5. The number of nitriles is 1. The zero-order chi connectivity index (χ0) is 19.0. The van der Waals surface area contributed by atoms with Gasteiger partial charge in [-0.15, -0.1) is 0 Å². The minimum absolute atomic E-state index is 0.336. The second-order valence-electron chi connectivity index (χ2n) is 7.05. The van der Waals surface area contributed by atoms with Gasteiger partial charge in [0.2, 0.25) is 0 Å². The molecule has 0 saturated carbocycles. The van der Waals surface area contributed by atoms with Crippen molar-refractivity contribution in [1.29, 1.82) is 5.26 Å². The number of rotatable bonds is 2. The third-order valence-corrected chi connectivity index (χ3v) is 5.01. The molecule has 0 spiro atoms. The van der Waals surface area contributed by atoms with E-state index in [2.05, 4.69) is 19.1 Å². The van der Waals surface area contributed by atoms with Gasteiger partial charge in [-0.3, -0.25) is 0 Å². The summed E-state index contributed by atoms with van der Waals surface area (Å²) in [5.41, 5.74) is 5.32. The Morgan fingerprint density at radius 1 is 1.19 bits per heavy atom. The van der Waals surface area contributed by atoms with Crippen molar-refractivity contribution < 1.29 is 9.90 Å². The van der Waals surface area contributed by atoms with E-state index in [0.717, 1.165) is 28.8 Å². The second kappa shape index (κ2) is 6.69. The van der Waals surface area contributed by atoms with E-state index in [1.165, 1.54) is 0 Å². The molecule has 1 N–H and O–H groups in total. The van der Waals surface area contributed by atoms with Crippen LogP contribution in [0.3, 0.4) is 0 Å². The first-order valence-electron chi connectivity index (χ1n) is 8.93. The van der Waals surface area contributed by atoms with Gasteiger partial charge < -0.3 is 5.11 Å². The maximum atomic E-state index is 12.1. The van der Waals surface area contributed by atoms with E-state index in [4.69, 9.17) is 10.2 Å². The Balaban J connectivity index is 1.94. The van der Waals surface area contributed by atoms with Gasteiger partial charge in [0.1, 0.15) is 0 Å². The van der Waals surface area contributed by atoms with Crippen LogP contribution in [0.5, 0.6) is 0 Å². The SMILES string of the molecule is CC1CC(=Cc2ccc(C#N)cc2)c2nc3ccccc3c(C(=O)O)c2C1. The Morgan fingerprint density at radius 3 is 2.63 bits per heavy atom. The maximum absolute atomic E-state index is 12.1. The highest BCUT2D eigenvalue weighted by molar-refractivity contribution is 6.05. The van der Waals surface area contributed by atoms with Crippen molar-refractivity contribution >= 4 is 28.5 Å². The van der Waals surface area contributed by atoms with Crippen LogP contribution >= 0.6 is 0 Å². The molecule has 1 heterocycles. The van der Waals surface area contributed by atoms with Crippen LogP contribution in [-0.4, -0.2) is 16.1 Å². The highest BCUT2D eigenvalue weighted by Gasteiger charge is 2.27. The lowest BCUT2D eigenvalue weighted by atomic mass is 9.80. The first-order valence-corrected chi connectivity index (χ1v) is 8.93. The third-order valence-electron chi connectivity index (χ3n) is 5.01. The van der Waals surface area contributed by atoms with E-state index in [9.17, 15) is 9.90 Å². The van der Waals surface area contributed by atoms with Crippen LogP contribution in [0.2, 0.25) is 0 Å². The fourth-order valence-corrected chi connectivity index (χ4v) is 3.84. The van der Waals surface area contributed by atoms with Crippen molar-refractivity contribution in [3.63, 3.8) is 0 Å². The molecule has 0 bridgehead atoms. The lowest BCUT2D eigenvalue weighted by Gasteiger charge is -2.26.